The minimum atomic E-state index is -0.308. The van der Waals surface area contributed by atoms with E-state index in [0.717, 1.165) is 50.0 Å². The molecule has 1 atom stereocenters. The zero-order valence-corrected chi connectivity index (χ0v) is 38.7. The lowest BCUT2D eigenvalue weighted by molar-refractivity contribution is 0.714. The van der Waals surface area contributed by atoms with Crippen molar-refractivity contribution in [3.05, 3.63) is 278 Å². The normalized spacial score (nSPS) is 13.8. The molecule has 1 aliphatic carbocycles. The largest absolute Gasteiger partial charge is 0.228 e. The van der Waals surface area contributed by atoms with Crippen LogP contribution in [0.25, 0.3) is 111 Å². The Hall–Kier alpha value is -8.98. The summed E-state index contributed by atoms with van der Waals surface area (Å²) in [7, 11) is 0. The Morgan fingerprint density at radius 2 is 0.757 bits per heavy atom. The van der Waals surface area contributed by atoms with Crippen molar-refractivity contribution < 1.29 is 0 Å². The predicted octanol–water partition coefficient (Wildman–Crippen LogP) is 17.8. The highest BCUT2D eigenvalue weighted by atomic mass is 14.9. The Bertz CT molecular complexity index is 3950. The molecule has 13 rings (SSSR count). The van der Waals surface area contributed by atoms with Crippen LogP contribution in [-0.4, -0.2) is 9.97 Å². The lowest BCUT2D eigenvalue weighted by Gasteiger charge is -2.28. The first-order valence-electron chi connectivity index (χ1n) is 24.1. The maximum absolute atomic E-state index is 5.33. The monoisotopic (exact) mass is 890 g/mol. The molecule has 328 valence electrons. The Labute approximate surface area is 408 Å². The molecule has 0 radical (unpaired) electrons. The van der Waals surface area contributed by atoms with Crippen LogP contribution in [0.4, 0.5) is 0 Å². The van der Waals surface area contributed by atoms with Gasteiger partial charge in [-0.05, 0) is 137 Å². The van der Waals surface area contributed by atoms with E-state index in [-0.39, 0.29) is 5.41 Å². The van der Waals surface area contributed by atoms with Crippen molar-refractivity contribution >= 4 is 21.5 Å². The first kappa shape index (κ1) is 41.2. The smallest absolute Gasteiger partial charge is 0.160 e. The molecule has 1 aromatic heterocycles. The summed E-state index contributed by atoms with van der Waals surface area (Å²) in [6, 6.07) is 94.7. The number of benzene rings is 11. The molecule has 0 bridgehead atoms. The van der Waals surface area contributed by atoms with Gasteiger partial charge in [0.2, 0.25) is 0 Å². The Kier molecular flexibility index (Phi) is 9.99. The fraction of sp³-hybridized carbons (Fsp3) is 0.0294. The van der Waals surface area contributed by atoms with Crippen molar-refractivity contribution in [3.8, 4) is 89.5 Å². The summed E-state index contributed by atoms with van der Waals surface area (Å²) in [5.41, 5.74) is 20.5. The summed E-state index contributed by atoms with van der Waals surface area (Å²) < 4.78 is 0. The minimum absolute atomic E-state index is 0.308. The lowest BCUT2D eigenvalue weighted by Crippen LogP contribution is -2.22. The van der Waals surface area contributed by atoms with Crippen LogP contribution < -0.4 is 0 Å². The second kappa shape index (κ2) is 17.0. The van der Waals surface area contributed by atoms with Crippen molar-refractivity contribution in [2.75, 3.05) is 0 Å². The number of rotatable bonds is 8. The number of fused-ring (bicyclic) bond motifs is 5. The van der Waals surface area contributed by atoms with E-state index < -0.39 is 0 Å². The number of hydrogen-bond donors (Lipinski definition) is 0. The molecule has 0 fully saturated rings. The molecule has 11 aromatic carbocycles. The van der Waals surface area contributed by atoms with Crippen molar-refractivity contribution in [1.29, 1.82) is 0 Å². The van der Waals surface area contributed by atoms with Gasteiger partial charge in [0, 0.05) is 22.1 Å². The van der Waals surface area contributed by atoms with Crippen molar-refractivity contribution in [1.82, 2.24) is 9.97 Å². The molecule has 1 heterocycles. The highest BCUT2D eigenvalue weighted by Crippen LogP contribution is 2.53. The average Bonchev–Trinajstić information content (AvgIpc) is 3.70. The summed E-state index contributed by atoms with van der Waals surface area (Å²) >= 11 is 0. The molecular weight excluding hydrogens is 845 g/mol. The molecule has 2 heteroatoms. The van der Waals surface area contributed by atoms with E-state index in [0.29, 0.717) is 5.82 Å². The van der Waals surface area contributed by atoms with Gasteiger partial charge in [-0.3, -0.25) is 0 Å². The zero-order valence-electron chi connectivity index (χ0n) is 38.7. The molecule has 70 heavy (non-hydrogen) atoms. The van der Waals surface area contributed by atoms with Gasteiger partial charge in [0.1, 0.15) is 0 Å². The number of hydrogen-bond acceptors (Lipinski definition) is 2. The summed E-state index contributed by atoms with van der Waals surface area (Å²) in [6.45, 7) is 2.40. The third-order valence-corrected chi connectivity index (χ3v) is 14.6. The van der Waals surface area contributed by atoms with E-state index in [1.54, 1.807) is 0 Å². The molecule has 2 nitrogen and oxygen atoms in total. The van der Waals surface area contributed by atoms with Crippen LogP contribution in [0.3, 0.4) is 0 Å². The molecule has 0 aliphatic heterocycles. The highest BCUT2D eigenvalue weighted by Gasteiger charge is 2.40. The molecule has 12 aromatic rings. The van der Waals surface area contributed by atoms with Crippen LogP contribution in [0.2, 0.25) is 0 Å². The number of aromatic nitrogens is 2. The standard InChI is InChI=1S/C68H46N2/c1-68(54-27-9-4-10-28-54)63-34-16-15-32-60(63)61-36-35-49(43-64(61)68)51-40-52(56-33-18-24-46-21-11-12-29-55(46)56)42-53(41-51)57-37-38-62(59-31-14-13-30-58(57)59)66-44-65(69-67(70-66)47-22-7-3-8-23-47)50-26-17-25-48(39-50)45-19-5-2-6-20-45/h2-44H,1H3. The lowest BCUT2D eigenvalue weighted by atomic mass is 9.74. The van der Waals surface area contributed by atoms with Crippen LogP contribution in [0.5, 0.6) is 0 Å². The second-order valence-corrected chi connectivity index (χ2v) is 18.6. The van der Waals surface area contributed by atoms with Crippen LogP contribution >= 0.6 is 0 Å². The Morgan fingerprint density at radius 3 is 1.54 bits per heavy atom. The molecule has 1 aliphatic rings. The third-order valence-electron chi connectivity index (χ3n) is 14.6. The maximum Gasteiger partial charge on any atom is 0.160 e. The molecule has 1 unspecified atom stereocenters. The third kappa shape index (κ3) is 7.04. The highest BCUT2D eigenvalue weighted by molar-refractivity contribution is 6.06. The summed E-state index contributed by atoms with van der Waals surface area (Å²) in [5, 5.41) is 4.75. The molecule has 0 amide bonds. The number of nitrogens with zero attached hydrogens (tertiary/aromatic N) is 2. The van der Waals surface area contributed by atoms with Gasteiger partial charge in [0.05, 0.1) is 11.4 Å². The topological polar surface area (TPSA) is 25.8 Å². The van der Waals surface area contributed by atoms with Gasteiger partial charge in [-0.25, -0.2) is 9.97 Å². The van der Waals surface area contributed by atoms with Crippen molar-refractivity contribution in [2.45, 2.75) is 12.3 Å². The molecule has 0 spiro atoms. The SMILES string of the molecule is CC1(c2ccccc2)c2ccccc2-c2ccc(-c3cc(-c4cccc5ccccc45)cc(-c4ccc(-c5cc(-c6cccc(-c7ccccc7)c6)nc(-c6ccccc6)n5)c5ccccc45)c3)cc21. The zero-order chi connectivity index (χ0) is 46.6. The van der Waals surface area contributed by atoms with Gasteiger partial charge in [0.25, 0.3) is 0 Å². The predicted molar refractivity (Wildman–Crippen MR) is 293 cm³/mol. The van der Waals surface area contributed by atoms with Crippen molar-refractivity contribution in [3.63, 3.8) is 0 Å². The van der Waals surface area contributed by atoms with Gasteiger partial charge in [-0.15, -0.1) is 0 Å². The van der Waals surface area contributed by atoms with Gasteiger partial charge >= 0.3 is 0 Å². The van der Waals surface area contributed by atoms with Gasteiger partial charge in [0.15, 0.2) is 5.82 Å². The van der Waals surface area contributed by atoms with E-state index >= 15 is 0 Å². The Morgan fingerprint density at radius 1 is 0.271 bits per heavy atom. The van der Waals surface area contributed by atoms with Gasteiger partial charge < -0.3 is 0 Å². The van der Waals surface area contributed by atoms with Gasteiger partial charge in [-0.1, -0.05) is 224 Å². The average molecular weight is 891 g/mol. The van der Waals surface area contributed by atoms with E-state index in [2.05, 4.69) is 262 Å². The molecule has 0 N–H and O–H groups in total. The minimum Gasteiger partial charge on any atom is -0.228 e. The summed E-state index contributed by atoms with van der Waals surface area (Å²) in [6.07, 6.45) is 0. The fourth-order valence-corrected chi connectivity index (χ4v) is 11.0. The first-order chi connectivity index (χ1) is 34.6. The molecular formula is C68H46N2. The maximum atomic E-state index is 5.33. The van der Waals surface area contributed by atoms with E-state index in [9.17, 15) is 0 Å². The Balaban J connectivity index is 0.997. The van der Waals surface area contributed by atoms with Crippen LogP contribution in [0.1, 0.15) is 23.6 Å². The van der Waals surface area contributed by atoms with Crippen LogP contribution in [0.15, 0.2) is 261 Å². The van der Waals surface area contributed by atoms with Crippen LogP contribution in [0, 0.1) is 0 Å². The van der Waals surface area contributed by atoms with Gasteiger partial charge in [-0.2, -0.15) is 0 Å². The van der Waals surface area contributed by atoms with Crippen molar-refractivity contribution in [2.24, 2.45) is 0 Å². The second-order valence-electron chi connectivity index (χ2n) is 18.6. The first-order valence-corrected chi connectivity index (χ1v) is 24.1. The van der Waals surface area contributed by atoms with E-state index in [1.165, 1.54) is 72.0 Å². The quantitative estimate of drug-likeness (QED) is 0.152. The molecule has 0 saturated heterocycles. The fourth-order valence-electron chi connectivity index (χ4n) is 11.0. The summed E-state index contributed by atoms with van der Waals surface area (Å²) in [4.78, 5) is 10.6. The summed E-state index contributed by atoms with van der Waals surface area (Å²) in [5.74, 6) is 0.694. The van der Waals surface area contributed by atoms with E-state index in [1.807, 2.05) is 6.07 Å². The molecule has 0 saturated carbocycles. The van der Waals surface area contributed by atoms with E-state index in [4.69, 9.17) is 9.97 Å². The van der Waals surface area contributed by atoms with Crippen LogP contribution in [-0.2, 0) is 5.41 Å².